The van der Waals surface area contributed by atoms with Gasteiger partial charge in [0.05, 0.1) is 0 Å². The zero-order chi connectivity index (χ0) is 19.9. The second kappa shape index (κ2) is 7.09. The van der Waals surface area contributed by atoms with Crippen LogP contribution in [0.2, 0.25) is 0 Å². The average molecular weight is 411 g/mol. The number of fused-ring (bicyclic) bond motifs is 1. The Balaban J connectivity index is 1.95. The second-order valence-electron chi connectivity index (χ2n) is 6.36. The zero-order valence-electron chi connectivity index (χ0n) is 14.0. The van der Waals surface area contributed by atoms with Crippen LogP contribution in [-0.2, 0) is 10.9 Å². The van der Waals surface area contributed by atoms with Crippen LogP contribution in [0.25, 0.3) is 10.8 Å². The Bertz CT molecular complexity index is 798. The van der Waals surface area contributed by atoms with E-state index in [2.05, 4.69) is 0 Å². The molecule has 1 fully saturated rings. The van der Waals surface area contributed by atoms with Gasteiger partial charge in [0, 0.05) is 21.7 Å². The molecule has 2 nitrogen and oxygen atoms in total. The highest BCUT2D eigenvalue weighted by molar-refractivity contribution is 7.97. The van der Waals surface area contributed by atoms with Crippen LogP contribution in [0.15, 0.2) is 41.3 Å². The maximum absolute atomic E-state index is 12.8. The third-order valence-corrected chi connectivity index (χ3v) is 7.10. The average Bonchev–Trinajstić information content (AvgIpc) is 3.11. The van der Waals surface area contributed by atoms with E-state index in [-0.39, 0.29) is 16.6 Å². The van der Waals surface area contributed by atoms with Crippen molar-refractivity contribution in [3.8, 4) is 5.75 Å². The molecule has 27 heavy (non-hydrogen) atoms. The molecule has 0 amide bonds. The molecule has 0 saturated carbocycles. The number of ether oxygens (including phenoxy) is 1. The highest BCUT2D eigenvalue weighted by Crippen LogP contribution is 2.44. The van der Waals surface area contributed by atoms with E-state index in [1.165, 1.54) is 6.07 Å². The molecule has 0 radical (unpaired) electrons. The van der Waals surface area contributed by atoms with Gasteiger partial charge in [-0.05, 0) is 31.0 Å². The molecule has 1 N–H and O–H groups in total. The van der Waals surface area contributed by atoms with Gasteiger partial charge in [-0.1, -0.05) is 18.2 Å². The number of rotatable bonds is 4. The minimum absolute atomic E-state index is 0.0124. The molecule has 1 heterocycles. The summed E-state index contributed by atoms with van der Waals surface area (Å²) in [7, 11) is 0.0124. The highest BCUT2D eigenvalue weighted by atomic mass is 32.2. The van der Waals surface area contributed by atoms with Gasteiger partial charge in [-0.15, -0.1) is 0 Å². The van der Waals surface area contributed by atoms with Gasteiger partial charge in [0.2, 0.25) is 0 Å². The molecular weight excluding hydrogens is 394 g/mol. The molecule has 3 rings (SSSR count). The van der Waals surface area contributed by atoms with Crippen LogP contribution in [-0.4, -0.2) is 41.2 Å². The molecule has 0 bridgehead atoms. The van der Waals surface area contributed by atoms with E-state index >= 15 is 0 Å². The van der Waals surface area contributed by atoms with Gasteiger partial charge in [-0.3, -0.25) is 0 Å². The fourth-order valence-electron chi connectivity index (χ4n) is 3.00. The maximum atomic E-state index is 12.8. The van der Waals surface area contributed by atoms with Crippen molar-refractivity contribution in [3.63, 3.8) is 0 Å². The number of hydrogen-bond acceptors (Lipinski definition) is 2. The Morgan fingerprint density at radius 2 is 1.41 bits per heavy atom. The van der Waals surface area contributed by atoms with Crippen molar-refractivity contribution in [2.24, 2.45) is 0 Å². The first-order chi connectivity index (χ1) is 12.5. The predicted molar refractivity (Wildman–Crippen MR) is 91.1 cm³/mol. The molecule has 1 aliphatic rings. The summed E-state index contributed by atoms with van der Waals surface area (Å²) in [6.45, 7) is -1.96. The van der Waals surface area contributed by atoms with Gasteiger partial charge in [0.25, 0.3) is 5.60 Å². The van der Waals surface area contributed by atoms with E-state index in [0.717, 1.165) is 34.6 Å². The van der Waals surface area contributed by atoms with Gasteiger partial charge in [0.15, 0.2) is 4.90 Å². The lowest BCUT2D eigenvalue weighted by molar-refractivity contribution is -0.373. The minimum atomic E-state index is -5.91. The Morgan fingerprint density at radius 1 is 0.852 bits per heavy atom. The second-order valence-corrected chi connectivity index (χ2v) is 8.60. The third-order valence-electron chi connectivity index (χ3n) is 4.56. The van der Waals surface area contributed by atoms with Crippen molar-refractivity contribution in [3.05, 3.63) is 36.4 Å². The maximum Gasteiger partial charge on any atom is 0.429 e. The van der Waals surface area contributed by atoms with E-state index in [1.54, 1.807) is 30.3 Å². The molecule has 9 heteroatoms. The normalized spacial score (nSPS) is 16.9. The first-order valence-corrected chi connectivity index (χ1v) is 9.79. The Labute approximate surface area is 154 Å². The van der Waals surface area contributed by atoms with Crippen molar-refractivity contribution in [2.45, 2.75) is 35.7 Å². The molecule has 0 aromatic heterocycles. The van der Waals surface area contributed by atoms with Crippen molar-refractivity contribution in [2.75, 3.05) is 18.1 Å². The minimum Gasteiger partial charge on any atom is -0.489 e. The van der Waals surface area contributed by atoms with E-state index in [0.29, 0.717) is 5.39 Å². The van der Waals surface area contributed by atoms with E-state index in [9.17, 15) is 31.4 Å². The van der Waals surface area contributed by atoms with Gasteiger partial charge < -0.3 is 9.84 Å². The number of aliphatic hydroxyl groups is 1. The van der Waals surface area contributed by atoms with Crippen LogP contribution in [0, 0.1) is 0 Å². The number of benzene rings is 2. The molecule has 2 aromatic carbocycles. The molecule has 1 aliphatic heterocycles. The Kier molecular flexibility index (Phi) is 5.28. The Morgan fingerprint density at radius 3 is 1.96 bits per heavy atom. The fraction of sp³-hybridized carbons (Fsp3) is 0.444. The van der Waals surface area contributed by atoms with E-state index < -0.39 is 24.6 Å². The van der Waals surface area contributed by atoms with Crippen molar-refractivity contribution in [1.29, 1.82) is 0 Å². The van der Waals surface area contributed by atoms with Crippen LogP contribution in [0.5, 0.6) is 5.75 Å². The lowest BCUT2D eigenvalue weighted by atomic mass is 10.0. The van der Waals surface area contributed by atoms with Crippen LogP contribution < -0.4 is 4.74 Å². The summed E-state index contributed by atoms with van der Waals surface area (Å²) >= 11 is 0. The van der Waals surface area contributed by atoms with Gasteiger partial charge in [-0.2, -0.15) is 26.3 Å². The number of alkyl halides is 6. The van der Waals surface area contributed by atoms with Crippen LogP contribution in [0.3, 0.4) is 0 Å². The van der Waals surface area contributed by atoms with Crippen LogP contribution in [0.1, 0.15) is 12.8 Å². The quantitative estimate of drug-likeness (QED) is 0.576. The summed E-state index contributed by atoms with van der Waals surface area (Å²) in [4.78, 5) is 1.04. The summed E-state index contributed by atoms with van der Waals surface area (Å²) < 4.78 is 81.9. The molecule has 2 aromatic rings. The SMILES string of the molecule is OC(COc1ccc([S+]2CCCC2)c2ccccc12)(C(F)(F)F)C(F)(F)F. The lowest BCUT2D eigenvalue weighted by Gasteiger charge is -2.32. The van der Waals surface area contributed by atoms with E-state index in [4.69, 9.17) is 4.74 Å². The molecule has 0 spiro atoms. The number of hydrogen-bond donors (Lipinski definition) is 1. The van der Waals surface area contributed by atoms with Crippen LogP contribution >= 0.6 is 0 Å². The molecule has 0 aliphatic carbocycles. The zero-order valence-corrected chi connectivity index (χ0v) is 14.8. The molecule has 1 saturated heterocycles. The summed E-state index contributed by atoms with van der Waals surface area (Å²) in [5, 5.41) is 10.5. The van der Waals surface area contributed by atoms with Crippen molar-refractivity contribution >= 4 is 21.7 Å². The summed E-state index contributed by atoms with van der Waals surface area (Å²) in [6.07, 6.45) is -9.63. The third kappa shape index (κ3) is 3.71. The summed E-state index contributed by atoms with van der Waals surface area (Å²) in [6, 6.07) is 9.85. The first-order valence-electron chi connectivity index (χ1n) is 8.22. The van der Waals surface area contributed by atoms with Crippen molar-refractivity contribution < 1.29 is 36.2 Å². The summed E-state index contributed by atoms with van der Waals surface area (Å²) in [5.74, 6) is 1.92. The van der Waals surface area contributed by atoms with Crippen molar-refractivity contribution in [1.82, 2.24) is 0 Å². The van der Waals surface area contributed by atoms with Gasteiger partial charge in [0.1, 0.15) is 23.9 Å². The molecule has 0 atom stereocenters. The van der Waals surface area contributed by atoms with Gasteiger partial charge in [-0.25, -0.2) is 0 Å². The topological polar surface area (TPSA) is 29.5 Å². The molecule has 148 valence electrons. The lowest BCUT2D eigenvalue weighted by Crippen LogP contribution is -2.60. The van der Waals surface area contributed by atoms with Crippen LogP contribution in [0.4, 0.5) is 26.3 Å². The largest absolute Gasteiger partial charge is 0.489 e. The van der Waals surface area contributed by atoms with Gasteiger partial charge >= 0.3 is 12.4 Å². The fourth-order valence-corrected chi connectivity index (χ4v) is 5.50. The predicted octanol–water partition coefficient (Wildman–Crippen LogP) is 4.85. The number of halogens is 6. The first kappa shape index (κ1) is 20.1. The standard InChI is InChI=1S/C18H17F6O2S/c19-17(20,21)16(25,18(22,23)24)11-26-14-7-8-15(27-9-3-4-10-27)13-6-2-1-5-12(13)14/h1-2,5-8,25H,3-4,9-11H2/q+1. The highest BCUT2D eigenvalue weighted by Gasteiger charge is 2.71. The molecule has 0 unspecified atom stereocenters. The molecular formula is C18H17F6O2S+. The Hall–Kier alpha value is -1.61. The smallest absolute Gasteiger partial charge is 0.429 e. The van der Waals surface area contributed by atoms with E-state index in [1.807, 2.05) is 0 Å². The summed E-state index contributed by atoms with van der Waals surface area (Å²) in [5.41, 5.74) is -4.94. The monoisotopic (exact) mass is 411 g/mol.